The van der Waals surface area contributed by atoms with Crippen molar-refractivity contribution in [2.24, 2.45) is 11.8 Å². The molecule has 0 spiro atoms. The van der Waals surface area contributed by atoms with Crippen molar-refractivity contribution in [3.05, 3.63) is 46.2 Å². The minimum Gasteiger partial charge on any atom is -0.493 e. The molecule has 2 fully saturated rings. The van der Waals surface area contributed by atoms with Crippen LogP contribution in [0.25, 0.3) is 0 Å². The maximum absolute atomic E-state index is 13.7. The Morgan fingerprint density at radius 1 is 1.09 bits per heavy atom. The first-order valence-corrected chi connectivity index (χ1v) is 13.4. The number of nitrogens with zero attached hydrogens (tertiary/aromatic N) is 2. The van der Waals surface area contributed by atoms with E-state index in [4.69, 9.17) is 9.47 Å². The highest BCUT2D eigenvalue weighted by molar-refractivity contribution is 7.10. The second-order valence-corrected chi connectivity index (χ2v) is 10.8. The Balaban J connectivity index is 1.32. The standard InChI is InChI=1S/C27H34N2O4S/c1-32-23-8-4-5-9-24(23)33-18-22-21-13-15-34-25(21)12-14-29(22)26(30)17-28(16-19-10-11-19)27(31)20-6-2-3-7-20/h4-5,8-9,13,15,19-20,22H,2-3,6-7,10-12,14,16-18H2,1H3/t22-/m0/s1. The number of carbonyl (C=O) groups excluding carboxylic acids is 2. The third kappa shape index (κ3) is 5.09. The Hall–Kier alpha value is -2.54. The van der Waals surface area contributed by atoms with Gasteiger partial charge in [-0.2, -0.15) is 0 Å². The second-order valence-electron chi connectivity index (χ2n) is 9.76. The molecule has 7 heteroatoms. The van der Waals surface area contributed by atoms with Crippen LogP contribution in [0, 0.1) is 11.8 Å². The SMILES string of the molecule is COc1ccccc1OC[C@H]1c2ccsc2CCN1C(=O)CN(CC1CC1)C(=O)C1CCCC1. The molecule has 1 aromatic heterocycles. The van der Waals surface area contributed by atoms with Crippen LogP contribution in [0.1, 0.15) is 55.0 Å². The van der Waals surface area contributed by atoms with Crippen LogP contribution in [0.5, 0.6) is 11.5 Å². The summed E-state index contributed by atoms with van der Waals surface area (Å²) in [6.07, 6.45) is 7.36. The Morgan fingerprint density at radius 2 is 1.85 bits per heavy atom. The van der Waals surface area contributed by atoms with Crippen LogP contribution in [0.4, 0.5) is 0 Å². The number of benzene rings is 1. The molecule has 5 rings (SSSR count). The molecule has 0 N–H and O–H groups in total. The third-order valence-electron chi connectivity index (χ3n) is 7.40. The van der Waals surface area contributed by atoms with Crippen molar-refractivity contribution in [1.29, 1.82) is 0 Å². The summed E-state index contributed by atoms with van der Waals surface area (Å²) in [6.45, 7) is 1.91. The predicted octanol–water partition coefficient (Wildman–Crippen LogP) is 4.69. The first kappa shape index (κ1) is 23.2. The van der Waals surface area contributed by atoms with E-state index in [0.29, 0.717) is 30.6 Å². The number of ether oxygens (including phenoxy) is 2. The molecule has 0 radical (unpaired) electrons. The molecule has 1 aromatic carbocycles. The molecule has 2 saturated carbocycles. The summed E-state index contributed by atoms with van der Waals surface area (Å²) < 4.78 is 11.6. The van der Waals surface area contributed by atoms with Gasteiger partial charge in [0.25, 0.3) is 0 Å². The third-order valence-corrected chi connectivity index (χ3v) is 8.40. The summed E-state index contributed by atoms with van der Waals surface area (Å²) in [5.41, 5.74) is 1.16. The Kier molecular flexibility index (Phi) is 7.09. The normalized spacial score (nSPS) is 20.1. The van der Waals surface area contributed by atoms with Gasteiger partial charge in [0.2, 0.25) is 11.8 Å². The van der Waals surface area contributed by atoms with E-state index < -0.39 is 0 Å². The topological polar surface area (TPSA) is 59.1 Å². The monoisotopic (exact) mass is 482 g/mol. The van der Waals surface area contributed by atoms with Gasteiger partial charge in [-0.25, -0.2) is 0 Å². The minimum atomic E-state index is -0.170. The van der Waals surface area contributed by atoms with Crippen LogP contribution in [-0.4, -0.2) is 55.0 Å². The zero-order chi connectivity index (χ0) is 23.5. The molecule has 6 nitrogen and oxygen atoms in total. The van der Waals surface area contributed by atoms with E-state index >= 15 is 0 Å². The molecule has 34 heavy (non-hydrogen) atoms. The lowest BCUT2D eigenvalue weighted by molar-refractivity contribution is -0.145. The van der Waals surface area contributed by atoms with Crippen molar-refractivity contribution in [2.75, 3.05) is 33.4 Å². The van der Waals surface area contributed by atoms with E-state index in [0.717, 1.165) is 44.2 Å². The molecule has 2 aliphatic carbocycles. The Labute approximate surface area is 205 Å². The van der Waals surface area contributed by atoms with Gasteiger partial charge in [0.15, 0.2) is 11.5 Å². The molecule has 1 aliphatic heterocycles. The summed E-state index contributed by atoms with van der Waals surface area (Å²) in [7, 11) is 1.63. The van der Waals surface area contributed by atoms with Crippen LogP contribution in [0.2, 0.25) is 0 Å². The first-order chi connectivity index (χ1) is 16.6. The number of methoxy groups -OCH3 is 1. The zero-order valence-corrected chi connectivity index (χ0v) is 20.7. The Morgan fingerprint density at radius 3 is 2.59 bits per heavy atom. The maximum Gasteiger partial charge on any atom is 0.242 e. The van der Waals surface area contributed by atoms with Crippen molar-refractivity contribution < 1.29 is 19.1 Å². The largest absolute Gasteiger partial charge is 0.493 e. The van der Waals surface area contributed by atoms with Crippen LogP contribution in [0.3, 0.4) is 0 Å². The van der Waals surface area contributed by atoms with Gasteiger partial charge in [0.05, 0.1) is 19.7 Å². The molecule has 182 valence electrons. The van der Waals surface area contributed by atoms with Gasteiger partial charge in [-0.15, -0.1) is 11.3 Å². The van der Waals surface area contributed by atoms with E-state index in [1.54, 1.807) is 18.4 Å². The summed E-state index contributed by atoms with van der Waals surface area (Å²) in [5, 5.41) is 2.10. The fraction of sp³-hybridized carbons (Fsp3) is 0.556. The molecule has 2 aromatic rings. The fourth-order valence-corrected chi connectivity index (χ4v) is 6.24. The van der Waals surface area contributed by atoms with E-state index in [2.05, 4.69) is 11.4 Å². The van der Waals surface area contributed by atoms with Crippen molar-refractivity contribution in [3.8, 4) is 11.5 Å². The number of amides is 2. The molecule has 2 amide bonds. The van der Waals surface area contributed by atoms with Crippen molar-refractivity contribution in [1.82, 2.24) is 9.80 Å². The van der Waals surface area contributed by atoms with Gasteiger partial charge in [0.1, 0.15) is 6.61 Å². The lowest BCUT2D eigenvalue weighted by Crippen LogP contribution is -2.49. The van der Waals surface area contributed by atoms with Gasteiger partial charge < -0.3 is 19.3 Å². The number of fused-ring (bicyclic) bond motifs is 1. The quantitative estimate of drug-likeness (QED) is 0.520. The number of para-hydroxylation sites is 2. The van der Waals surface area contributed by atoms with Crippen molar-refractivity contribution in [2.45, 2.75) is 51.0 Å². The average molecular weight is 483 g/mol. The second kappa shape index (κ2) is 10.4. The predicted molar refractivity (Wildman–Crippen MR) is 132 cm³/mol. The van der Waals surface area contributed by atoms with Crippen LogP contribution < -0.4 is 9.47 Å². The summed E-state index contributed by atoms with van der Waals surface area (Å²) in [5.74, 6) is 2.23. The highest BCUT2D eigenvalue weighted by atomic mass is 32.1. The molecule has 0 unspecified atom stereocenters. The lowest BCUT2D eigenvalue weighted by Gasteiger charge is -2.37. The molecule has 0 saturated heterocycles. The summed E-state index contributed by atoms with van der Waals surface area (Å²) in [6, 6.07) is 9.54. The van der Waals surface area contributed by atoms with E-state index in [-0.39, 0.29) is 30.3 Å². The summed E-state index contributed by atoms with van der Waals surface area (Å²) >= 11 is 1.74. The number of hydrogen-bond donors (Lipinski definition) is 0. The van der Waals surface area contributed by atoms with Crippen LogP contribution >= 0.6 is 11.3 Å². The zero-order valence-electron chi connectivity index (χ0n) is 19.9. The highest BCUT2D eigenvalue weighted by Crippen LogP contribution is 2.36. The first-order valence-electron chi connectivity index (χ1n) is 12.5. The smallest absolute Gasteiger partial charge is 0.242 e. The maximum atomic E-state index is 13.7. The van der Waals surface area contributed by atoms with Gasteiger partial charge in [-0.3, -0.25) is 9.59 Å². The molecular formula is C27H34N2O4S. The number of hydrogen-bond acceptors (Lipinski definition) is 5. The van der Waals surface area contributed by atoms with Gasteiger partial charge in [0, 0.05) is 23.9 Å². The molecule has 2 heterocycles. The molecule has 3 aliphatic rings. The van der Waals surface area contributed by atoms with Crippen LogP contribution in [-0.2, 0) is 16.0 Å². The molecule has 1 atom stereocenters. The van der Waals surface area contributed by atoms with E-state index in [1.165, 1.54) is 17.7 Å². The number of thiophene rings is 1. The molecule has 0 bridgehead atoms. The van der Waals surface area contributed by atoms with Crippen molar-refractivity contribution >= 4 is 23.2 Å². The Bertz CT molecular complexity index is 1010. The van der Waals surface area contributed by atoms with Gasteiger partial charge >= 0.3 is 0 Å². The van der Waals surface area contributed by atoms with Gasteiger partial charge in [-0.05, 0) is 67.2 Å². The van der Waals surface area contributed by atoms with E-state index in [1.807, 2.05) is 34.1 Å². The number of rotatable bonds is 9. The number of carbonyl (C=O) groups is 2. The average Bonchev–Trinajstić information content (AvgIpc) is 3.30. The molecular weight excluding hydrogens is 448 g/mol. The lowest BCUT2D eigenvalue weighted by atomic mass is 10.00. The van der Waals surface area contributed by atoms with Gasteiger partial charge in [-0.1, -0.05) is 25.0 Å². The minimum absolute atomic E-state index is 0.0254. The van der Waals surface area contributed by atoms with E-state index in [9.17, 15) is 9.59 Å². The van der Waals surface area contributed by atoms with Crippen molar-refractivity contribution in [3.63, 3.8) is 0 Å². The van der Waals surface area contributed by atoms with Crippen LogP contribution in [0.15, 0.2) is 35.7 Å². The highest BCUT2D eigenvalue weighted by Gasteiger charge is 2.37. The summed E-state index contributed by atoms with van der Waals surface area (Å²) in [4.78, 5) is 32.1. The fourth-order valence-electron chi connectivity index (χ4n) is 5.31.